The maximum Gasteiger partial charge on any atom is 0.426 e. The van der Waals surface area contributed by atoms with Crippen molar-refractivity contribution in [2.75, 3.05) is 18.7 Å². The third-order valence-electron chi connectivity index (χ3n) is 2.87. The van der Waals surface area contributed by atoms with Crippen LogP contribution in [0.2, 0.25) is 0 Å². The summed E-state index contributed by atoms with van der Waals surface area (Å²) in [5.74, 6) is 0.738. The van der Waals surface area contributed by atoms with E-state index in [1.807, 2.05) is 32.9 Å². The van der Waals surface area contributed by atoms with E-state index in [-0.39, 0.29) is 0 Å². The Morgan fingerprint density at radius 2 is 2.10 bits per heavy atom. The molecular weight excluding hydrogens is 324 g/mol. The van der Waals surface area contributed by atoms with E-state index in [9.17, 15) is 4.79 Å². The smallest absolute Gasteiger partial charge is 0.426 e. The molecule has 1 aliphatic rings. The molecule has 0 bridgehead atoms. The van der Waals surface area contributed by atoms with Crippen molar-refractivity contribution in [2.24, 2.45) is 0 Å². The molecule has 110 valence electrons. The second-order valence-corrected chi connectivity index (χ2v) is 6.49. The third-order valence-corrected chi connectivity index (χ3v) is 3.49. The van der Waals surface area contributed by atoms with E-state index in [1.165, 1.54) is 0 Å². The van der Waals surface area contributed by atoms with Gasteiger partial charge in [0.2, 0.25) is 0 Å². The highest BCUT2D eigenvalue weighted by Gasteiger charge is 2.25. The van der Waals surface area contributed by atoms with Gasteiger partial charge in [-0.25, -0.2) is 10.2 Å². The summed E-state index contributed by atoms with van der Waals surface area (Å²) in [6.07, 6.45) is 0.417. The molecule has 0 aromatic heterocycles. The Labute approximate surface area is 127 Å². The van der Waals surface area contributed by atoms with Gasteiger partial charge in [-0.1, -0.05) is 0 Å². The maximum atomic E-state index is 11.8. The van der Waals surface area contributed by atoms with Gasteiger partial charge in [0.25, 0.3) is 0 Å². The Morgan fingerprint density at radius 3 is 2.70 bits per heavy atom. The van der Waals surface area contributed by atoms with E-state index < -0.39 is 11.7 Å². The predicted octanol–water partition coefficient (Wildman–Crippen LogP) is 3.26. The summed E-state index contributed by atoms with van der Waals surface area (Å²) in [6.45, 7) is 6.23. The number of nitrogens with one attached hydrogen (secondary N) is 1. The lowest BCUT2D eigenvalue weighted by Crippen LogP contribution is -2.44. The highest BCUT2D eigenvalue weighted by molar-refractivity contribution is 9.10. The number of ether oxygens (including phenoxy) is 2. The number of rotatable bonds is 2. The number of halogens is 1. The van der Waals surface area contributed by atoms with Crippen LogP contribution in [0, 0.1) is 0 Å². The zero-order valence-electron chi connectivity index (χ0n) is 12.1. The standard InChI is InChI=1S/C14H19BrN2O3/c1-14(2,3)20-13(18)16-17-6-5-9-7-10(15)12(19-4)8-11(9)17/h7-8H,5-6H2,1-4H3,(H,16,18). The van der Waals surface area contributed by atoms with E-state index in [0.717, 1.165) is 27.9 Å². The summed E-state index contributed by atoms with van der Waals surface area (Å²) in [4.78, 5) is 11.8. The van der Waals surface area contributed by atoms with Crippen LogP contribution < -0.4 is 15.2 Å². The van der Waals surface area contributed by atoms with Gasteiger partial charge in [0, 0.05) is 12.6 Å². The SMILES string of the molecule is COc1cc2c(cc1Br)CCN2NC(=O)OC(C)(C)C. The first-order valence-electron chi connectivity index (χ1n) is 6.44. The van der Waals surface area contributed by atoms with Crippen LogP contribution in [0.1, 0.15) is 26.3 Å². The first-order valence-corrected chi connectivity index (χ1v) is 7.23. The molecule has 1 aromatic rings. The molecule has 1 heterocycles. The number of carbonyl (C=O) groups is 1. The molecule has 20 heavy (non-hydrogen) atoms. The van der Waals surface area contributed by atoms with Crippen LogP contribution in [-0.4, -0.2) is 25.3 Å². The molecule has 0 saturated heterocycles. The lowest BCUT2D eigenvalue weighted by molar-refractivity contribution is 0.0522. The van der Waals surface area contributed by atoms with Crippen LogP contribution in [0.5, 0.6) is 5.75 Å². The van der Waals surface area contributed by atoms with Gasteiger partial charge in [0.15, 0.2) is 0 Å². The molecule has 6 heteroatoms. The molecule has 5 nitrogen and oxygen atoms in total. The first-order chi connectivity index (χ1) is 9.30. The van der Waals surface area contributed by atoms with Gasteiger partial charge in [0.05, 0.1) is 17.3 Å². The van der Waals surface area contributed by atoms with Gasteiger partial charge >= 0.3 is 6.09 Å². The van der Waals surface area contributed by atoms with E-state index in [4.69, 9.17) is 9.47 Å². The van der Waals surface area contributed by atoms with E-state index in [0.29, 0.717) is 6.54 Å². The van der Waals surface area contributed by atoms with Crippen molar-refractivity contribution in [3.05, 3.63) is 22.2 Å². The van der Waals surface area contributed by atoms with Gasteiger partial charge in [0.1, 0.15) is 11.4 Å². The highest BCUT2D eigenvalue weighted by atomic mass is 79.9. The molecule has 2 rings (SSSR count). The van der Waals surface area contributed by atoms with Gasteiger partial charge in [-0.05, 0) is 54.8 Å². The van der Waals surface area contributed by atoms with Crippen LogP contribution >= 0.6 is 15.9 Å². The Morgan fingerprint density at radius 1 is 1.40 bits per heavy atom. The maximum absolute atomic E-state index is 11.8. The molecule has 1 aromatic carbocycles. The average Bonchev–Trinajstić information content (AvgIpc) is 2.68. The molecule has 0 radical (unpaired) electrons. The largest absolute Gasteiger partial charge is 0.495 e. The third kappa shape index (κ3) is 3.36. The number of nitrogens with zero attached hydrogens (tertiary/aromatic N) is 1. The second-order valence-electron chi connectivity index (χ2n) is 5.63. The molecule has 0 aliphatic carbocycles. The van der Waals surface area contributed by atoms with Crippen molar-refractivity contribution in [1.82, 2.24) is 5.43 Å². The van der Waals surface area contributed by atoms with Gasteiger partial charge < -0.3 is 9.47 Å². The average molecular weight is 343 g/mol. The van der Waals surface area contributed by atoms with Crippen molar-refractivity contribution < 1.29 is 14.3 Å². The molecule has 1 N–H and O–H groups in total. The Bertz CT molecular complexity index is 526. The summed E-state index contributed by atoms with van der Waals surface area (Å²) in [5.41, 5.74) is 4.36. The number of hydrazine groups is 1. The highest BCUT2D eigenvalue weighted by Crippen LogP contribution is 2.36. The zero-order chi connectivity index (χ0) is 14.9. The van der Waals surface area contributed by atoms with Crippen molar-refractivity contribution in [3.63, 3.8) is 0 Å². The number of anilines is 1. The van der Waals surface area contributed by atoms with Crippen LogP contribution in [0.3, 0.4) is 0 Å². The van der Waals surface area contributed by atoms with E-state index in [1.54, 1.807) is 12.1 Å². The summed E-state index contributed by atoms with van der Waals surface area (Å²) in [6, 6.07) is 3.93. The summed E-state index contributed by atoms with van der Waals surface area (Å²) < 4.78 is 11.5. The molecule has 0 atom stereocenters. The van der Waals surface area contributed by atoms with Crippen LogP contribution in [0.4, 0.5) is 10.5 Å². The zero-order valence-corrected chi connectivity index (χ0v) is 13.7. The number of methoxy groups -OCH3 is 1. The Hall–Kier alpha value is -1.43. The van der Waals surface area contributed by atoms with E-state index >= 15 is 0 Å². The fourth-order valence-electron chi connectivity index (χ4n) is 2.07. The second kappa shape index (κ2) is 5.52. The molecule has 1 amide bonds. The summed E-state index contributed by atoms with van der Waals surface area (Å²) in [7, 11) is 1.62. The Balaban J connectivity index is 2.13. The number of hydrogen-bond acceptors (Lipinski definition) is 4. The topological polar surface area (TPSA) is 50.8 Å². The summed E-state index contributed by atoms with van der Waals surface area (Å²) >= 11 is 3.47. The van der Waals surface area contributed by atoms with Crippen molar-refractivity contribution in [1.29, 1.82) is 0 Å². The van der Waals surface area contributed by atoms with Gasteiger partial charge in [-0.15, -0.1) is 0 Å². The van der Waals surface area contributed by atoms with Crippen LogP contribution in [-0.2, 0) is 11.2 Å². The van der Waals surface area contributed by atoms with E-state index in [2.05, 4.69) is 21.4 Å². The predicted molar refractivity (Wildman–Crippen MR) is 81.1 cm³/mol. The van der Waals surface area contributed by atoms with Crippen LogP contribution in [0.15, 0.2) is 16.6 Å². The first kappa shape index (κ1) is 15.0. The monoisotopic (exact) mass is 342 g/mol. The van der Waals surface area contributed by atoms with Crippen molar-refractivity contribution >= 4 is 27.7 Å². The fourth-order valence-corrected chi connectivity index (χ4v) is 2.62. The van der Waals surface area contributed by atoms with Gasteiger partial charge in [-0.2, -0.15) is 0 Å². The molecule has 0 saturated carbocycles. The minimum Gasteiger partial charge on any atom is -0.495 e. The molecular formula is C14H19BrN2O3. The minimum atomic E-state index is -0.510. The number of benzene rings is 1. The Kier molecular flexibility index (Phi) is 4.13. The van der Waals surface area contributed by atoms with Gasteiger partial charge in [-0.3, -0.25) is 5.01 Å². The molecule has 0 unspecified atom stereocenters. The minimum absolute atomic E-state index is 0.452. The normalized spacial score (nSPS) is 13.9. The molecule has 0 spiro atoms. The lowest BCUT2D eigenvalue weighted by atomic mass is 10.1. The van der Waals surface area contributed by atoms with Crippen molar-refractivity contribution in [2.45, 2.75) is 32.8 Å². The number of hydrogen-bond donors (Lipinski definition) is 1. The summed E-state index contributed by atoms with van der Waals surface area (Å²) in [5, 5.41) is 1.79. The fraction of sp³-hybridized carbons (Fsp3) is 0.500. The quantitative estimate of drug-likeness (QED) is 0.896. The number of fused-ring (bicyclic) bond motifs is 1. The van der Waals surface area contributed by atoms with Crippen LogP contribution in [0.25, 0.3) is 0 Å². The molecule has 1 aliphatic heterocycles. The lowest BCUT2D eigenvalue weighted by Gasteiger charge is -2.25. The molecule has 0 fully saturated rings. The van der Waals surface area contributed by atoms with Crippen molar-refractivity contribution in [3.8, 4) is 5.75 Å². The number of amides is 1. The number of carbonyl (C=O) groups excluding carboxylic acids is 1.